The van der Waals surface area contributed by atoms with Crippen molar-refractivity contribution >= 4 is 68.0 Å². The molecule has 8 heteroatoms. The van der Waals surface area contributed by atoms with Crippen molar-refractivity contribution in [3.63, 3.8) is 0 Å². The average molecular weight is 401 g/mol. The number of nitrogens with one attached hydrogen (secondary N) is 2. The van der Waals surface area contributed by atoms with E-state index in [4.69, 9.17) is 23.2 Å². The number of halogens is 2. The van der Waals surface area contributed by atoms with Gasteiger partial charge in [0.25, 0.3) is 0 Å². The van der Waals surface area contributed by atoms with Crippen LogP contribution in [-0.4, -0.2) is 23.6 Å². The molecule has 2 aromatic rings. The highest BCUT2D eigenvalue weighted by molar-refractivity contribution is 8.76. The lowest BCUT2D eigenvalue weighted by molar-refractivity contribution is -0.114. The number of amides is 2. The first-order valence-corrected chi connectivity index (χ1v) is 10.1. The molecule has 0 aliphatic carbocycles. The molecule has 2 amide bonds. The smallest absolute Gasteiger partial charge is 0.239 e. The van der Waals surface area contributed by atoms with Crippen LogP contribution in [-0.2, 0) is 9.59 Å². The number of carbonyl (C=O) groups is 2. The fourth-order valence-electron chi connectivity index (χ4n) is 1.74. The molecule has 0 aromatic heterocycles. The number of hydrogen-bond acceptors (Lipinski definition) is 4. The molecule has 0 aliphatic rings. The summed E-state index contributed by atoms with van der Waals surface area (Å²) in [5, 5.41) is 5.52. The van der Waals surface area contributed by atoms with Crippen LogP contribution < -0.4 is 10.6 Å². The number of carbonyl (C=O) groups excluding carboxylic acids is 2. The van der Waals surface area contributed by atoms with Crippen LogP contribution in [0.25, 0.3) is 0 Å². The van der Waals surface area contributed by atoms with E-state index in [2.05, 4.69) is 10.6 Å². The molecule has 0 bridgehead atoms. The van der Waals surface area contributed by atoms with Gasteiger partial charge in [-0.05, 0) is 24.3 Å². The molecule has 2 N–H and O–H groups in total. The predicted molar refractivity (Wildman–Crippen MR) is 103 cm³/mol. The van der Waals surface area contributed by atoms with Gasteiger partial charge in [-0.2, -0.15) is 0 Å². The van der Waals surface area contributed by atoms with Crippen molar-refractivity contribution < 1.29 is 9.59 Å². The molecule has 0 atom stereocenters. The molecule has 2 aromatic carbocycles. The molecule has 0 saturated carbocycles. The lowest BCUT2D eigenvalue weighted by Crippen LogP contribution is -2.13. The van der Waals surface area contributed by atoms with Crippen LogP contribution in [0.5, 0.6) is 0 Å². The Balaban J connectivity index is 2.11. The summed E-state index contributed by atoms with van der Waals surface area (Å²) in [6, 6.07) is 14.9. The van der Waals surface area contributed by atoms with E-state index < -0.39 is 0 Å². The SMILES string of the molecule is O=C(CCl)Nc1ccccc1SSc1ccccc1NC(=O)CCl. The maximum atomic E-state index is 11.5. The zero-order chi connectivity index (χ0) is 17.4. The molecule has 0 saturated heterocycles. The Morgan fingerprint density at radius 3 is 1.50 bits per heavy atom. The normalized spacial score (nSPS) is 10.2. The summed E-state index contributed by atoms with van der Waals surface area (Å²) in [6.45, 7) is 0. The van der Waals surface area contributed by atoms with E-state index in [1.54, 1.807) is 0 Å². The molecule has 2 rings (SSSR count). The third-order valence-electron chi connectivity index (χ3n) is 2.79. The van der Waals surface area contributed by atoms with Gasteiger partial charge in [0.05, 0.1) is 11.4 Å². The van der Waals surface area contributed by atoms with Gasteiger partial charge in [-0.3, -0.25) is 9.59 Å². The van der Waals surface area contributed by atoms with E-state index in [1.165, 1.54) is 21.6 Å². The van der Waals surface area contributed by atoms with Crippen molar-refractivity contribution in [3.8, 4) is 0 Å². The van der Waals surface area contributed by atoms with Crippen molar-refractivity contribution in [1.29, 1.82) is 0 Å². The Morgan fingerprint density at radius 2 is 1.12 bits per heavy atom. The summed E-state index contributed by atoms with van der Waals surface area (Å²) in [5.41, 5.74) is 1.39. The van der Waals surface area contributed by atoms with Gasteiger partial charge in [-0.15, -0.1) is 23.2 Å². The molecule has 0 spiro atoms. The minimum atomic E-state index is -0.260. The molecule has 24 heavy (non-hydrogen) atoms. The summed E-state index contributed by atoms with van der Waals surface area (Å²) in [5.74, 6) is -0.715. The minimum absolute atomic E-state index is 0.0978. The number of rotatable bonds is 7. The van der Waals surface area contributed by atoms with E-state index in [0.717, 1.165) is 9.79 Å². The van der Waals surface area contributed by atoms with Gasteiger partial charge >= 0.3 is 0 Å². The largest absolute Gasteiger partial charge is 0.324 e. The maximum Gasteiger partial charge on any atom is 0.239 e. The predicted octanol–water partition coefficient (Wildman–Crippen LogP) is 4.84. The average Bonchev–Trinajstić information content (AvgIpc) is 2.61. The van der Waals surface area contributed by atoms with E-state index in [9.17, 15) is 9.59 Å². The third-order valence-corrected chi connectivity index (χ3v) is 5.75. The van der Waals surface area contributed by atoms with Crippen molar-refractivity contribution in [2.75, 3.05) is 22.4 Å². The molecule has 0 fully saturated rings. The van der Waals surface area contributed by atoms with Gasteiger partial charge in [-0.25, -0.2) is 0 Å². The van der Waals surface area contributed by atoms with Crippen molar-refractivity contribution in [2.24, 2.45) is 0 Å². The Hall–Kier alpha value is -1.34. The summed E-state index contributed by atoms with van der Waals surface area (Å²) in [6.07, 6.45) is 0. The van der Waals surface area contributed by atoms with Crippen molar-refractivity contribution in [3.05, 3.63) is 48.5 Å². The molecule has 0 radical (unpaired) electrons. The van der Waals surface area contributed by atoms with E-state index in [-0.39, 0.29) is 23.6 Å². The number of hydrogen-bond donors (Lipinski definition) is 2. The summed E-state index contributed by atoms with van der Waals surface area (Å²) in [4.78, 5) is 24.8. The molecule has 0 heterocycles. The molecular weight excluding hydrogens is 387 g/mol. The zero-order valence-electron chi connectivity index (χ0n) is 12.4. The molecule has 0 aliphatic heterocycles. The highest BCUT2D eigenvalue weighted by Crippen LogP contribution is 2.43. The molecule has 4 nitrogen and oxygen atoms in total. The Kier molecular flexibility index (Phi) is 7.78. The summed E-state index contributed by atoms with van der Waals surface area (Å²) in [7, 11) is 2.95. The van der Waals surface area contributed by atoms with E-state index >= 15 is 0 Å². The molecule has 0 unspecified atom stereocenters. The Morgan fingerprint density at radius 1 is 0.750 bits per heavy atom. The topological polar surface area (TPSA) is 58.2 Å². The zero-order valence-corrected chi connectivity index (χ0v) is 15.6. The maximum absolute atomic E-state index is 11.5. The van der Waals surface area contributed by atoms with E-state index in [0.29, 0.717) is 11.4 Å². The van der Waals surface area contributed by atoms with Crippen LogP contribution in [0.1, 0.15) is 0 Å². The van der Waals surface area contributed by atoms with Crippen LogP contribution in [0.2, 0.25) is 0 Å². The van der Waals surface area contributed by atoms with Crippen LogP contribution in [0, 0.1) is 0 Å². The van der Waals surface area contributed by atoms with Gasteiger partial charge in [0.2, 0.25) is 11.8 Å². The minimum Gasteiger partial charge on any atom is -0.324 e. The van der Waals surface area contributed by atoms with Crippen LogP contribution in [0.3, 0.4) is 0 Å². The lowest BCUT2D eigenvalue weighted by Gasteiger charge is -2.11. The quantitative estimate of drug-likeness (QED) is 0.515. The van der Waals surface area contributed by atoms with Crippen LogP contribution in [0.15, 0.2) is 58.3 Å². The molecular formula is C16H14Cl2N2O2S2. The standard InChI is InChI=1S/C16H14Cl2N2O2S2/c17-9-15(21)19-11-5-1-3-7-13(11)23-24-14-8-4-2-6-12(14)20-16(22)10-18/h1-8H,9-10H2,(H,19,21)(H,20,22). The number of alkyl halides is 2. The second kappa shape index (κ2) is 9.84. The summed E-state index contributed by atoms with van der Waals surface area (Å²) < 4.78 is 0. The van der Waals surface area contributed by atoms with Crippen molar-refractivity contribution in [2.45, 2.75) is 9.79 Å². The second-order valence-corrected chi connectivity index (χ2v) is 7.27. The Bertz CT molecular complexity index is 667. The fraction of sp³-hybridized carbons (Fsp3) is 0.125. The first-order chi connectivity index (χ1) is 11.6. The van der Waals surface area contributed by atoms with Gasteiger partial charge in [-0.1, -0.05) is 45.9 Å². The highest BCUT2D eigenvalue weighted by atomic mass is 35.5. The highest BCUT2D eigenvalue weighted by Gasteiger charge is 2.10. The van der Waals surface area contributed by atoms with Crippen molar-refractivity contribution in [1.82, 2.24) is 0 Å². The third kappa shape index (κ3) is 5.63. The first-order valence-electron chi connectivity index (χ1n) is 6.88. The summed E-state index contributed by atoms with van der Waals surface area (Å²) >= 11 is 11.1. The van der Waals surface area contributed by atoms with Gasteiger partial charge in [0.1, 0.15) is 11.8 Å². The second-order valence-electron chi connectivity index (χ2n) is 4.52. The fourth-order valence-corrected chi connectivity index (χ4v) is 4.15. The number of para-hydroxylation sites is 2. The van der Waals surface area contributed by atoms with Gasteiger partial charge < -0.3 is 10.6 Å². The monoisotopic (exact) mass is 400 g/mol. The number of benzene rings is 2. The first kappa shape index (κ1) is 19.0. The van der Waals surface area contributed by atoms with Crippen LogP contribution >= 0.6 is 44.8 Å². The number of anilines is 2. The Labute approximate surface area is 158 Å². The molecule has 126 valence electrons. The van der Waals surface area contributed by atoms with Gasteiger partial charge in [0, 0.05) is 9.79 Å². The van der Waals surface area contributed by atoms with Crippen LogP contribution in [0.4, 0.5) is 11.4 Å². The van der Waals surface area contributed by atoms with E-state index in [1.807, 2.05) is 48.5 Å². The van der Waals surface area contributed by atoms with Gasteiger partial charge in [0.15, 0.2) is 0 Å². The lowest BCUT2D eigenvalue weighted by atomic mass is 10.3.